The molecule has 1 aromatic rings. The Hall–Kier alpha value is -1.44. The summed E-state index contributed by atoms with van der Waals surface area (Å²) in [6.07, 6.45) is 4.25. The largest absolute Gasteiger partial charge is 0.355 e. The van der Waals surface area contributed by atoms with Gasteiger partial charge >= 0.3 is 0 Å². The van der Waals surface area contributed by atoms with E-state index < -0.39 is 10.0 Å². The van der Waals surface area contributed by atoms with Gasteiger partial charge in [0.05, 0.1) is 4.90 Å². The number of hydrogen-bond acceptors (Lipinski definition) is 4. The first-order chi connectivity index (χ1) is 11.5. The maximum Gasteiger partial charge on any atom is 0.251 e. The van der Waals surface area contributed by atoms with Gasteiger partial charge in [-0.05, 0) is 62.4 Å². The molecule has 0 aliphatic carbocycles. The van der Waals surface area contributed by atoms with E-state index in [2.05, 4.69) is 10.6 Å². The van der Waals surface area contributed by atoms with Crippen molar-refractivity contribution in [3.63, 3.8) is 0 Å². The molecule has 7 heteroatoms. The lowest BCUT2D eigenvalue weighted by Crippen LogP contribution is -2.43. The first-order valence-electron chi connectivity index (χ1n) is 8.58. The number of piperidine rings is 1. The van der Waals surface area contributed by atoms with Crippen LogP contribution in [0.1, 0.15) is 36.0 Å². The molecule has 2 heterocycles. The van der Waals surface area contributed by atoms with Crippen molar-refractivity contribution in [1.29, 1.82) is 0 Å². The predicted molar refractivity (Wildman–Crippen MR) is 92.3 cm³/mol. The van der Waals surface area contributed by atoms with Crippen LogP contribution in [0.3, 0.4) is 0 Å². The Balaban J connectivity index is 1.66. The number of sulfonamides is 1. The van der Waals surface area contributed by atoms with Gasteiger partial charge in [-0.25, -0.2) is 8.42 Å². The van der Waals surface area contributed by atoms with Crippen molar-refractivity contribution in [3.8, 4) is 0 Å². The van der Waals surface area contributed by atoms with Gasteiger partial charge in [-0.15, -0.1) is 0 Å². The van der Waals surface area contributed by atoms with Crippen LogP contribution >= 0.6 is 0 Å². The van der Waals surface area contributed by atoms with Gasteiger partial charge in [0.15, 0.2) is 0 Å². The van der Waals surface area contributed by atoms with Crippen LogP contribution in [0.25, 0.3) is 0 Å². The molecular weight excluding hydrogens is 326 g/mol. The normalized spacial score (nSPS) is 23.3. The van der Waals surface area contributed by atoms with E-state index in [9.17, 15) is 13.2 Å². The van der Waals surface area contributed by atoms with Gasteiger partial charge < -0.3 is 10.6 Å². The summed E-state index contributed by atoms with van der Waals surface area (Å²) in [6, 6.07) is 6.71. The number of rotatable bonds is 4. The maximum absolute atomic E-state index is 12.8. The summed E-state index contributed by atoms with van der Waals surface area (Å²) in [5.74, 6) is 0.360. The average molecular weight is 351 g/mol. The summed E-state index contributed by atoms with van der Waals surface area (Å²) >= 11 is 0. The monoisotopic (exact) mass is 351 g/mol. The summed E-state index contributed by atoms with van der Waals surface area (Å²) in [5, 5.41) is 6.06. The number of amides is 1. The summed E-state index contributed by atoms with van der Waals surface area (Å²) in [4.78, 5) is 11.8. The third-order valence-corrected chi connectivity index (χ3v) is 7.06. The Bertz CT molecular complexity index is 674. The SMILES string of the molecule is CNC(=O)c1ccc(S(=O)(=O)N2CCC(C3CCCN3)CC2)cc1. The van der Waals surface area contributed by atoms with Gasteiger partial charge in [0.25, 0.3) is 5.91 Å². The number of nitrogens with one attached hydrogen (secondary N) is 2. The highest BCUT2D eigenvalue weighted by Gasteiger charge is 2.33. The van der Waals surface area contributed by atoms with E-state index in [1.54, 1.807) is 23.5 Å². The molecule has 0 aromatic heterocycles. The van der Waals surface area contributed by atoms with Crippen molar-refractivity contribution in [2.24, 2.45) is 5.92 Å². The van der Waals surface area contributed by atoms with Crippen LogP contribution in [0.4, 0.5) is 0 Å². The molecule has 0 bridgehead atoms. The van der Waals surface area contributed by atoms with E-state index in [0.29, 0.717) is 30.6 Å². The molecule has 2 fully saturated rings. The fraction of sp³-hybridized carbons (Fsp3) is 0.588. The second kappa shape index (κ2) is 7.21. The fourth-order valence-corrected chi connectivity index (χ4v) is 5.17. The molecule has 0 spiro atoms. The van der Waals surface area contributed by atoms with Crippen molar-refractivity contribution in [1.82, 2.24) is 14.9 Å². The van der Waals surface area contributed by atoms with Crippen LogP contribution in [0.2, 0.25) is 0 Å². The molecule has 2 saturated heterocycles. The highest BCUT2D eigenvalue weighted by atomic mass is 32.2. The lowest BCUT2D eigenvalue weighted by Gasteiger charge is -2.34. The molecule has 2 aliphatic rings. The molecule has 1 aromatic carbocycles. The molecule has 1 amide bonds. The zero-order valence-corrected chi connectivity index (χ0v) is 14.8. The van der Waals surface area contributed by atoms with Crippen LogP contribution < -0.4 is 10.6 Å². The van der Waals surface area contributed by atoms with Gasteiger partial charge in [0.1, 0.15) is 0 Å². The Morgan fingerprint density at radius 3 is 2.38 bits per heavy atom. The molecule has 6 nitrogen and oxygen atoms in total. The second-order valence-electron chi connectivity index (χ2n) is 6.55. The van der Waals surface area contributed by atoms with Crippen LogP contribution in [0.5, 0.6) is 0 Å². The van der Waals surface area contributed by atoms with Gasteiger partial charge in [0.2, 0.25) is 10.0 Å². The van der Waals surface area contributed by atoms with E-state index in [0.717, 1.165) is 19.4 Å². The summed E-state index contributed by atoms with van der Waals surface area (Å²) in [7, 11) is -1.93. The zero-order chi connectivity index (χ0) is 17.2. The van der Waals surface area contributed by atoms with Crippen molar-refractivity contribution in [3.05, 3.63) is 29.8 Å². The van der Waals surface area contributed by atoms with Crippen molar-refractivity contribution >= 4 is 15.9 Å². The smallest absolute Gasteiger partial charge is 0.251 e. The topological polar surface area (TPSA) is 78.5 Å². The second-order valence-corrected chi connectivity index (χ2v) is 8.49. The number of benzene rings is 1. The quantitative estimate of drug-likeness (QED) is 0.854. The summed E-state index contributed by atoms with van der Waals surface area (Å²) in [5.41, 5.74) is 0.461. The average Bonchev–Trinajstić information content (AvgIpc) is 3.16. The van der Waals surface area contributed by atoms with Gasteiger partial charge in [-0.2, -0.15) is 4.31 Å². The van der Waals surface area contributed by atoms with Crippen LogP contribution in [0.15, 0.2) is 29.2 Å². The third-order valence-electron chi connectivity index (χ3n) is 5.15. The standard InChI is InChI=1S/C17H25N3O3S/c1-18-17(21)14-4-6-15(7-5-14)24(22,23)20-11-8-13(9-12-20)16-3-2-10-19-16/h4-7,13,16,19H,2-3,8-12H2,1H3,(H,18,21). The molecular formula is C17H25N3O3S. The number of nitrogens with zero attached hydrogens (tertiary/aromatic N) is 1. The predicted octanol–water partition coefficient (Wildman–Crippen LogP) is 1.20. The lowest BCUT2D eigenvalue weighted by atomic mass is 9.89. The van der Waals surface area contributed by atoms with Crippen molar-refractivity contribution in [2.45, 2.75) is 36.6 Å². The molecule has 0 saturated carbocycles. The molecule has 1 unspecified atom stereocenters. The summed E-state index contributed by atoms with van der Waals surface area (Å²) < 4.78 is 27.1. The fourth-order valence-electron chi connectivity index (χ4n) is 3.70. The Morgan fingerprint density at radius 2 is 1.83 bits per heavy atom. The number of carbonyl (C=O) groups is 1. The number of carbonyl (C=O) groups excluding carboxylic acids is 1. The minimum atomic E-state index is -3.48. The minimum Gasteiger partial charge on any atom is -0.355 e. The first kappa shape index (κ1) is 17.4. The van der Waals surface area contributed by atoms with E-state index in [1.807, 2.05) is 0 Å². The van der Waals surface area contributed by atoms with Gasteiger partial charge in [-0.3, -0.25) is 4.79 Å². The van der Waals surface area contributed by atoms with Crippen LogP contribution in [-0.2, 0) is 10.0 Å². The highest BCUT2D eigenvalue weighted by molar-refractivity contribution is 7.89. The molecule has 24 heavy (non-hydrogen) atoms. The number of hydrogen-bond donors (Lipinski definition) is 2. The Kier molecular flexibility index (Phi) is 5.22. The van der Waals surface area contributed by atoms with E-state index >= 15 is 0 Å². The zero-order valence-electron chi connectivity index (χ0n) is 14.0. The van der Waals surface area contributed by atoms with Crippen LogP contribution in [0, 0.1) is 5.92 Å². The van der Waals surface area contributed by atoms with Crippen LogP contribution in [-0.4, -0.2) is 51.4 Å². The molecule has 2 aliphatic heterocycles. The lowest BCUT2D eigenvalue weighted by molar-refractivity contribution is 0.0963. The molecule has 0 radical (unpaired) electrons. The van der Waals surface area contributed by atoms with E-state index in [4.69, 9.17) is 0 Å². The Morgan fingerprint density at radius 1 is 1.17 bits per heavy atom. The maximum atomic E-state index is 12.8. The third kappa shape index (κ3) is 3.48. The van der Waals surface area contributed by atoms with Crippen molar-refractivity contribution < 1.29 is 13.2 Å². The minimum absolute atomic E-state index is 0.219. The van der Waals surface area contributed by atoms with E-state index in [1.165, 1.54) is 25.0 Å². The van der Waals surface area contributed by atoms with Gasteiger partial charge in [-0.1, -0.05) is 0 Å². The highest BCUT2D eigenvalue weighted by Crippen LogP contribution is 2.28. The first-order valence-corrected chi connectivity index (χ1v) is 10.0. The summed E-state index contributed by atoms with van der Waals surface area (Å²) in [6.45, 7) is 2.23. The Labute approximate surface area is 143 Å². The van der Waals surface area contributed by atoms with Crippen molar-refractivity contribution in [2.75, 3.05) is 26.7 Å². The van der Waals surface area contributed by atoms with E-state index in [-0.39, 0.29) is 10.8 Å². The molecule has 3 rings (SSSR count). The molecule has 1 atom stereocenters. The molecule has 2 N–H and O–H groups in total. The molecule has 132 valence electrons. The van der Waals surface area contributed by atoms with Gasteiger partial charge in [0, 0.05) is 31.7 Å².